The van der Waals surface area contributed by atoms with Crippen molar-refractivity contribution in [2.24, 2.45) is 0 Å². The largest absolute Gasteiger partial charge is 0.346 e. The number of imidazole rings is 2. The number of nitrogens with one attached hydrogen (secondary N) is 1. The lowest BCUT2D eigenvalue weighted by atomic mass is 9.97. The van der Waals surface area contributed by atoms with Crippen LogP contribution in [-0.2, 0) is 11.3 Å². The van der Waals surface area contributed by atoms with Crippen molar-refractivity contribution in [1.82, 2.24) is 24.4 Å². The lowest BCUT2D eigenvalue weighted by molar-refractivity contribution is -0.132. The Morgan fingerprint density at radius 3 is 2.96 bits per heavy atom. The number of nitrogens with zero attached hydrogens (tertiary/aromatic N) is 4. The van der Waals surface area contributed by atoms with Gasteiger partial charge >= 0.3 is 0 Å². The Morgan fingerprint density at radius 2 is 2.25 bits per heavy atom. The maximum atomic E-state index is 12.6. The molecule has 1 aliphatic rings. The third kappa shape index (κ3) is 3.68. The third-order valence-corrected chi connectivity index (χ3v) is 4.71. The summed E-state index contributed by atoms with van der Waals surface area (Å²) in [4.78, 5) is 26.8. The van der Waals surface area contributed by atoms with Crippen molar-refractivity contribution in [3.05, 3.63) is 35.9 Å². The molecule has 130 valence electrons. The van der Waals surface area contributed by atoms with Crippen LogP contribution in [0.3, 0.4) is 0 Å². The van der Waals surface area contributed by atoms with Gasteiger partial charge in [0, 0.05) is 62.2 Å². The van der Waals surface area contributed by atoms with Gasteiger partial charge in [-0.25, -0.2) is 9.97 Å². The summed E-state index contributed by atoms with van der Waals surface area (Å²) in [7, 11) is 0. The molecule has 24 heavy (non-hydrogen) atoms. The van der Waals surface area contributed by atoms with Crippen molar-refractivity contribution in [3.8, 4) is 0 Å². The van der Waals surface area contributed by atoms with Gasteiger partial charge in [0.25, 0.3) is 0 Å². The van der Waals surface area contributed by atoms with Gasteiger partial charge in [0.2, 0.25) is 5.91 Å². The number of carbonyl (C=O) groups excluding carboxylic acids is 1. The Bertz CT molecular complexity index is 687. The van der Waals surface area contributed by atoms with Crippen LogP contribution >= 0.6 is 0 Å². The van der Waals surface area contributed by atoms with Gasteiger partial charge < -0.3 is 14.5 Å². The number of amides is 1. The second kappa shape index (κ2) is 7.20. The van der Waals surface area contributed by atoms with E-state index in [4.69, 9.17) is 0 Å². The molecule has 6 nitrogen and oxygen atoms in total. The van der Waals surface area contributed by atoms with E-state index >= 15 is 0 Å². The van der Waals surface area contributed by atoms with Crippen LogP contribution in [0.4, 0.5) is 0 Å². The Labute approximate surface area is 143 Å². The quantitative estimate of drug-likeness (QED) is 0.917. The number of aryl methyl sites for hydroxylation is 2. The summed E-state index contributed by atoms with van der Waals surface area (Å²) in [5, 5.41) is 0. The Kier molecular flexibility index (Phi) is 5.02. The first-order valence-corrected chi connectivity index (χ1v) is 8.85. The summed E-state index contributed by atoms with van der Waals surface area (Å²) >= 11 is 0. The molecule has 1 N–H and O–H groups in total. The molecule has 1 aliphatic heterocycles. The SMILES string of the molecule is Cc1cnc([C@@H]2CCCN(C(=O)CCn3ccnc3C(C)C)C2)[nH]1. The minimum Gasteiger partial charge on any atom is -0.346 e. The fraction of sp³-hybridized carbons (Fsp3) is 0.611. The molecule has 0 unspecified atom stereocenters. The molecule has 6 heteroatoms. The van der Waals surface area contributed by atoms with Crippen molar-refractivity contribution in [2.75, 3.05) is 13.1 Å². The maximum Gasteiger partial charge on any atom is 0.224 e. The smallest absolute Gasteiger partial charge is 0.224 e. The van der Waals surface area contributed by atoms with E-state index in [0.717, 1.165) is 43.3 Å². The molecule has 0 aromatic carbocycles. The Hall–Kier alpha value is -2.11. The van der Waals surface area contributed by atoms with Crippen LogP contribution in [0.2, 0.25) is 0 Å². The number of H-pyrrole nitrogens is 1. The van der Waals surface area contributed by atoms with E-state index in [9.17, 15) is 4.79 Å². The summed E-state index contributed by atoms with van der Waals surface area (Å²) in [6, 6.07) is 0. The molecule has 0 bridgehead atoms. The molecule has 3 heterocycles. The number of hydrogen-bond acceptors (Lipinski definition) is 3. The predicted octanol–water partition coefficient (Wildman–Crippen LogP) is 2.83. The van der Waals surface area contributed by atoms with Gasteiger partial charge in [-0.1, -0.05) is 13.8 Å². The molecule has 3 rings (SSSR count). The second-order valence-electron chi connectivity index (χ2n) is 7.01. The highest BCUT2D eigenvalue weighted by molar-refractivity contribution is 5.76. The molecule has 0 saturated carbocycles. The van der Waals surface area contributed by atoms with Crippen LogP contribution in [0.5, 0.6) is 0 Å². The van der Waals surface area contributed by atoms with Gasteiger partial charge in [0.1, 0.15) is 11.6 Å². The van der Waals surface area contributed by atoms with Gasteiger partial charge in [-0.2, -0.15) is 0 Å². The minimum absolute atomic E-state index is 0.228. The van der Waals surface area contributed by atoms with Crippen molar-refractivity contribution in [2.45, 2.75) is 58.4 Å². The van der Waals surface area contributed by atoms with Crippen LogP contribution in [0, 0.1) is 6.92 Å². The lowest BCUT2D eigenvalue weighted by Gasteiger charge is -2.32. The molecule has 1 fully saturated rings. The van der Waals surface area contributed by atoms with E-state index in [1.807, 2.05) is 30.4 Å². The number of aromatic amines is 1. The zero-order valence-electron chi connectivity index (χ0n) is 14.8. The molecule has 1 saturated heterocycles. The molecule has 0 spiro atoms. The molecular weight excluding hydrogens is 302 g/mol. The van der Waals surface area contributed by atoms with E-state index in [2.05, 4.69) is 33.4 Å². The number of hydrogen-bond donors (Lipinski definition) is 1. The minimum atomic E-state index is 0.228. The first-order valence-electron chi connectivity index (χ1n) is 8.85. The predicted molar refractivity (Wildman–Crippen MR) is 92.8 cm³/mol. The Morgan fingerprint density at radius 1 is 1.42 bits per heavy atom. The first kappa shape index (κ1) is 16.7. The lowest BCUT2D eigenvalue weighted by Crippen LogP contribution is -2.39. The number of likely N-dealkylation sites (tertiary alicyclic amines) is 1. The maximum absolute atomic E-state index is 12.6. The molecule has 0 aliphatic carbocycles. The number of carbonyl (C=O) groups is 1. The summed E-state index contributed by atoms with van der Waals surface area (Å²) < 4.78 is 2.10. The van der Waals surface area contributed by atoms with Crippen molar-refractivity contribution < 1.29 is 4.79 Å². The fourth-order valence-electron chi connectivity index (χ4n) is 3.45. The van der Waals surface area contributed by atoms with E-state index in [0.29, 0.717) is 24.8 Å². The average Bonchev–Trinajstić information content (AvgIpc) is 3.21. The topological polar surface area (TPSA) is 66.8 Å². The molecule has 1 amide bonds. The highest BCUT2D eigenvalue weighted by Gasteiger charge is 2.26. The number of piperidine rings is 1. The van der Waals surface area contributed by atoms with Crippen LogP contribution < -0.4 is 0 Å². The highest BCUT2D eigenvalue weighted by atomic mass is 16.2. The summed E-state index contributed by atoms with van der Waals surface area (Å²) in [5.74, 6) is 2.99. The van der Waals surface area contributed by atoms with E-state index in [-0.39, 0.29) is 5.91 Å². The van der Waals surface area contributed by atoms with Gasteiger partial charge in [-0.05, 0) is 19.8 Å². The Balaban J connectivity index is 1.57. The standard InChI is InChI=1S/C18H27N5O/c1-13(2)18-19-7-10-22(18)9-6-16(24)23-8-4-5-15(12-23)17-20-11-14(3)21-17/h7,10-11,13,15H,4-6,8-9,12H2,1-3H3,(H,20,21)/t15-/m1/s1. The van der Waals surface area contributed by atoms with Crippen molar-refractivity contribution in [1.29, 1.82) is 0 Å². The van der Waals surface area contributed by atoms with Crippen LogP contribution in [0.15, 0.2) is 18.6 Å². The van der Waals surface area contributed by atoms with Crippen LogP contribution in [0.25, 0.3) is 0 Å². The monoisotopic (exact) mass is 329 g/mol. The normalized spacial score (nSPS) is 18.3. The molecule has 0 radical (unpaired) electrons. The van der Waals surface area contributed by atoms with E-state index in [1.165, 1.54) is 0 Å². The fourth-order valence-corrected chi connectivity index (χ4v) is 3.45. The van der Waals surface area contributed by atoms with Crippen molar-refractivity contribution in [3.63, 3.8) is 0 Å². The van der Waals surface area contributed by atoms with Gasteiger partial charge in [-0.3, -0.25) is 4.79 Å². The zero-order valence-corrected chi connectivity index (χ0v) is 14.8. The van der Waals surface area contributed by atoms with Gasteiger partial charge in [0.05, 0.1) is 0 Å². The number of rotatable bonds is 5. The summed E-state index contributed by atoms with van der Waals surface area (Å²) in [6.45, 7) is 8.60. The highest BCUT2D eigenvalue weighted by Crippen LogP contribution is 2.25. The van der Waals surface area contributed by atoms with Crippen LogP contribution in [0.1, 0.15) is 62.3 Å². The third-order valence-electron chi connectivity index (χ3n) is 4.71. The average molecular weight is 329 g/mol. The molecular formula is C18H27N5O. The first-order chi connectivity index (χ1) is 11.5. The van der Waals surface area contributed by atoms with Gasteiger partial charge in [-0.15, -0.1) is 0 Å². The van der Waals surface area contributed by atoms with Gasteiger partial charge in [0.15, 0.2) is 0 Å². The van der Waals surface area contributed by atoms with Crippen molar-refractivity contribution >= 4 is 5.91 Å². The summed E-state index contributed by atoms with van der Waals surface area (Å²) in [6.07, 6.45) is 8.31. The van der Waals surface area contributed by atoms with E-state index < -0.39 is 0 Å². The second-order valence-corrected chi connectivity index (χ2v) is 7.01. The van der Waals surface area contributed by atoms with Crippen LogP contribution in [-0.4, -0.2) is 43.4 Å². The van der Waals surface area contributed by atoms with E-state index in [1.54, 1.807) is 0 Å². The zero-order chi connectivity index (χ0) is 17.1. The molecule has 2 aromatic heterocycles. The molecule has 1 atom stereocenters. The summed E-state index contributed by atoms with van der Waals surface area (Å²) in [5.41, 5.74) is 1.08. The number of aromatic nitrogens is 4. The molecule has 2 aromatic rings.